The maximum Gasteiger partial charge on any atom is 0.407 e. The van der Waals surface area contributed by atoms with Gasteiger partial charge in [0.2, 0.25) is 11.8 Å². The summed E-state index contributed by atoms with van der Waals surface area (Å²) in [6, 6.07) is 9.84. The zero-order valence-electron chi connectivity index (χ0n) is 33.4. The molecule has 2 aliphatic rings. The van der Waals surface area contributed by atoms with E-state index in [1.54, 1.807) is 22.2 Å². The third-order valence-corrected chi connectivity index (χ3v) is 11.2. The van der Waals surface area contributed by atoms with E-state index in [0.29, 0.717) is 71.6 Å². The molecule has 0 aliphatic carbocycles. The molecule has 2 aliphatic heterocycles. The van der Waals surface area contributed by atoms with Crippen molar-refractivity contribution in [3.63, 3.8) is 0 Å². The Hall–Kier alpha value is -6.72. The fourth-order valence-electron chi connectivity index (χ4n) is 8.11. The number of benzene rings is 2. The number of carboxylic acid groups (broad SMARTS) is 1. The molecule has 5 N–H and O–H groups in total. The maximum absolute atomic E-state index is 13.6. The van der Waals surface area contributed by atoms with Gasteiger partial charge in [-0.25, -0.2) is 39.5 Å². The SMILES string of the molecule is COC(=O)N[C@H](C(=O)N1CCC[C@H]1c1nc2ncc(-c3ccc4cc(-c5cnc6nc([C@@H]7CCCN7C(=O)[C@@H](NC(=O)O)C(C)C)[nH]c6n5)ccc4c3)nc2[nH]1)C(C)C. The Labute approximate surface area is 338 Å². The van der Waals surface area contributed by atoms with E-state index in [1.807, 2.05) is 64.1 Å². The van der Waals surface area contributed by atoms with Gasteiger partial charge in [-0.2, -0.15) is 0 Å². The first kappa shape index (κ1) is 39.1. The molecule has 4 atom stereocenters. The number of amides is 4. The number of aromatic amines is 2. The molecule has 0 radical (unpaired) electrons. The van der Waals surface area contributed by atoms with Crippen molar-refractivity contribution < 1.29 is 29.0 Å². The van der Waals surface area contributed by atoms with Gasteiger partial charge in [0.15, 0.2) is 22.6 Å². The van der Waals surface area contributed by atoms with E-state index < -0.39 is 24.3 Å². The molecular formula is C41H46N12O6. The number of nitrogens with one attached hydrogen (secondary N) is 4. The van der Waals surface area contributed by atoms with Crippen molar-refractivity contribution in [1.82, 2.24) is 60.3 Å². The second kappa shape index (κ2) is 15.9. The van der Waals surface area contributed by atoms with E-state index in [4.69, 9.17) is 19.7 Å². The quantitative estimate of drug-likeness (QED) is 0.115. The molecule has 8 rings (SSSR count). The minimum Gasteiger partial charge on any atom is -0.465 e. The van der Waals surface area contributed by atoms with E-state index in [2.05, 4.69) is 35.6 Å². The summed E-state index contributed by atoms with van der Waals surface area (Å²) in [7, 11) is 1.27. The molecule has 2 fully saturated rings. The monoisotopic (exact) mass is 802 g/mol. The number of aromatic nitrogens is 8. The number of ether oxygens (including phenoxy) is 1. The van der Waals surface area contributed by atoms with Gasteiger partial charge in [0.05, 0.1) is 43.0 Å². The van der Waals surface area contributed by atoms with Crippen molar-refractivity contribution in [3.8, 4) is 22.5 Å². The van der Waals surface area contributed by atoms with Crippen LogP contribution in [0.2, 0.25) is 0 Å². The molecule has 2 saturated heterocycles. The van der Waals surface area contributed by atoms with Gasteiger partial charge in [0.25, 0.3) is 0 Å². The number of alkyl carbamates (subject to hydrolysis) is 1. The molecule has 0 saturated carbocycles. The summed E-state index contributed by atoms with van der Waals surface area (Å²) in [6.07, 6.45) is 4.45. The Kier molecular flexibility index (Phi) is 10.5. The highest BCUT2D eigenvalue weighted by Gasteiger charge is 2.39. The molecule has 0 unspecified atom stereocenters. The molecule has 6 aromatic rings. The van der Waals surface area contributed by atoms with Crippen LogP contribution < -0.4 is 10.6 Å². The summed E-state index contributed by atoms with van der Waals surface area (Å²) >= 11 is 0. The van der Waals surface area contributed by atoms with Crippen molar-refractivity contribution in [2.45, 2.75) is 77.5 Å². The Morgan fingerprint density at radius 3 is 1.59 bits per heavy atom. The van der Waals surface area contributed by atoms with E-state index in [-0.39, 0.29) is 35.7 Å². The minimum atomic E-state index is -1.24. The van der Waals surface area contributed by atoms with E-state index in [1.165, 1.54) is 7.11 Å². The molecule has 0 spiro atoms. The summed E-state index contributed by atoms with van der Waals surface area (Å²) < 4.78 is 4.76. The maximum atomic E-state index is 13.6. The smallest absolute Gasteiger partial charge is 0.407 e. The number of hydrogen-bond acceptors (Lipinski definition) is 11. The standard InChI is InChI=1S/C41H46N12O6/c1-20(2)30(46-40(56)57)38(54)52-14-6-8-28(52)32-48-34-36(50-32)44-26(18-42-34)24-12-10-23-17-25(13-11-22(23)16-24)27-19-43-35-37(45-27)51-33(49-35)29-9-7-15-53(29)39(55)31(21(3)4)47-41(58)59-5/h10-13,16-21,28-31,46H,6-9,14-15H2,1-5H3,(H,47,58)(H,56,57)(H,42,44,48,50)(H,43,45,49,51)/t28-,29-,30-,31-/m0/s1. The van der Waals surface area contributed by atoms with Gasteiger partial charge in [-0.1, -0.05) is 52.0 Å². The number of likely N-dealkylation sites (tertiary alicyclic amines) is 2. The van der Waals surface area contributed by atoms with Crippen LogP contribution in [-0.2, 0) is 14.3 Å². The Morgan fingerprint density at radius 2 is 1.17 bits per heavy atom. The van der Waals surface area contributed by atoms with E-state index in [9.17, 15) is 24.3 Å². The van der Waals surface area contributed by atoms with Crippen LogP contribution in [0.4, 0.5) is 9.59 Å². The number of imidazole rings is 2. The Bertz CT molecular complexity index is 2590. The first-order chi connectivity index (χ1) is 28.4. The average Bonchev–Trinajstić information content (AvgIpc) is 4.05. The molecule has 4 amide bonds. The first-order valence-corrected chi connectivity index (χ1v) is 19.8. The number of hydrogen-bond donors (Lipinski definition) is 5. The number of H-pyrrole nitrogens is 2. The molecule has 0 bridgehead atoms. The van der Waals surface area contributed by atoms with Crippen molar-refractivity contribution in [1.29, 1.82) is 0 Å². The van der Waals surface area contributed by atoms with E-state index >= 15 is 0 Å². The predicted octanol–water partition coefficient (Wildman–Crippen LogP) is 5.51. The highest BCUT2D eigenvalue weighted by atomic mass is 16.5. The van der Waals surface area contributed by atoms with Gasteiger partial charge in [0.1, 0.15) is 23.7 Å². The zero-order chi connectivity index (χ0) is 41.5. The van der Waals surface area contributed by atoms with Gasteiger partial charge in [-0.05, 0) is 60.4 Å². The zero-order valence-corrected chi connectivity index (χ0v) is 33.4. The number of carbonyl (C=O) groups is 4. The molecule has 6 heterocycles. The fourth-order valence-corrected chi connectivity index (χ4v) is 8.11. The van der Waals surface area contributed by atoms with Crippen LogP contribution in [0.15, 0.2) is 48.8 Å². The van der Waals surface area contributed by atoms with Gasteiger partial charge in [-0.15, -0.1) is 0 Å². The summed E-state index contributed by atoms with van der Waals surface area (Å²) in [5, 5.41) is 16.3. The highest BCUT2D eigenvalue weighted by molar-refractivity contribution is 5.91. The number of rotatable bonds is 10. The number of methoxy groups -OCH3 is 1. The minimum absolute atomic E-state index is 0.141. The predicted molar refractivity (Wildman–Crippen MR) is 217 cm³/mol. The van der Waals surface area contributed by atoms with Gasteiger partial charge >= 0.3 is 12.2 Å². The normalized spacial score (nSPS) is 17.9. The molecule has 18 nitrogen and oxygen atoms in total. The largest absolute Gasteiger partial charge is 0.465 e. The van der Waals surface area contributed by atoms with Crippen LogP contribution in [0.1, 0.15) is 77.1 Å². The number of carbonyl (C=O) groups excluding carboxylic acids is 3. The Balaban J connectivity index is 0.997. The number of fused-ring (bicyclic) bond motifs is 3. The summed E-state index contributed by atoms with van der Waals surface area (Å²) in [5.41, 5.74) is 4.93. The lowest BCUT2D eigenvalue weighted by atomic mass is 10.0. The molecule has 306 valence electrons. The Morgan fingerprint density at radius 1 is 0.712 bits per heavy atom. The highest BCUT2D eigenvalue weighted by Crippen LogP contribution is 2.35. The molecule has 4 aromatic heterocycles. The average molecular weight is 803 g/mol. The molecule has 2 aromatic carbocycles. The van der Waals surface area contributed by atoms with Crippen molar-refractivity contribution in [3.05, 3.63) is 60.4 Å². The topological polar surface area (TPSA) is 237 Å². The lowest BCUT2D eigenvalue weighted by Crippen LogP contribution is -2.51. The third-order valence-electron chi connectivity index (χ3n) is 11.2. The van der Waals surface area contributed by atoms with Crippen molar-refractivity contribution in [2.75, 3.05) is 20.2 Å². The fraction of sp³-hybridized carbons (Fsp3) is 0.415. The van der Waals surface area contributed by atoms with Crippen LogP contribution in [-0.4, -0.2) is 111 Å². The van der Waals surface area contributed by atoms with Crippen molar-refractivity contribution in [2.24, 2.45) is 11.8 Å². The lowest BCUT2D eigenvalue weighted by Gasteiger charge is -2.29. The second-order valence-electron chi connectivity index (χ2n) is 15.8. The third kappa shape index (κ3) is 7.69. The van der Waals surface area contributed by atoms with Crippen LogP contribution in [0.3, 0.4) is 0 Å². The summed E-state index contributed by atoms with van der Waals surface area (Å²) in [4.78, 5) is 88.8. The lowest BCUT2D eigenvalue weighted by molar-refractivity contribution is -0.136. The molecule has 18 heteroatoms. The molecular weight excluding hydrogens is 757 g/mol. The van der Waals surface area contributed by atoms with Crippen LogP contribution in [0.25, 0.3) is 55.9 Å². The van der Waals surface area contributed by atoms with Crippen LogP contribution >= 0.6 is 0 Å². The first-order valence-electron chi connectivity index (χ1n) is 19.8. The molecule has 59 heavy (non-hydrogen) atoms. The van der Waals surface area contributed by atoms with E-state index in [0.717, 1.165) is 34.7 Å². The van der Waals surface area contributed by atoms with Gasteiger partial charge in [-0.3, -0.25) is 9.59 Å². The van der Waals surface area contributed by atoms with Crippen LogP contribution in [0, 0.1) is 11.8 Å². The number of nitrogens with zero attached hydrogens (tertiary/aromatic N) is 8. The van der Waals surface area contributed by atoms with Gasteiger partial charge < -0.3 is 40.2 Å². The summed E-state index contributed by atoms with van der Waals surface area (Å²) in [6.45, 7) is 8.43. The van der Waals surface area contributed by atoms with Gasteiger partial charge in [0, 0.05) is 24.2 Å². The van der Waals surface area contributed by atoms with Crippen molar-refractivity contribution >= 4 is 57.4 Å². The summed E-state index contributed by atoms with van der Waals surface area (Å²) in [5.74, 6) is 0.346. The van der Waals surface area contributed by atoms with Crippen LogP contribution in [0.5, 0.6) is 0 Å². The second-order valence-corrected chi connectivity index (χ2v) is 15.8.